The number of carbonyl (C=O) groups excluding carboxylic acids is 3. The Hall–Kier alpha value is -4.14. The Kier molecular flexibility index (Phi) is 6.89. The van der Waals surface area contributed by atoms with Gasteiger partial charge in [-0.25, -0.2) is 9.78 Å². The number of oxazole rings is 1. The molecule has 0 aliphatic rings. The predicted octanol–water partition coefficient (Wildman–Crippen LogP) is 3.94. The number of nitrogens with zero attached hydrogens (tertiary/aromatic N) is 1. The van der Waals surface area contributed by atoms with Gasteiger partial charge in [0.2, 0.25) is 0 Å². The summed E-state index contributed by atoms with van der Waals surface area (Å²) in [4.78, 5) is 40.5. The molecule has 0 unspecified atom stereocenters. The molecule has 0 atom stereocenters. The highest BCUT2D eigenvalue weighted by molar-refractivity contribution is 6.43. The number of hydrogen-bond acceptors (Lipinski definition) is 6. The summed E-state index contributed by atoms with van der Waals surface area (Å²) in [6.07, 6.45) is 2.33. The average molecular weight is 436 g/mol. The van der Waals surface area contributed by atoms with Crippen molar-refractivity contribution >= 4 is 29.3 Å². The first-order valence-electron chi connectivity index (χ1n) is 9.87. The van der Waals surface area contributed by atoms with Crippen molar-refractivity contribution in [2.75, 3.05) is 10.6 Å². The van der Waals surface area contributed by atoms with E-state index in [0.717, 1.165) is 5.56 Å². The predicted molar refractivity (Wildman–Crippen MR) is 119 cm³/mol. The van der Waals surface area contributed by atoms with Crippen LogP contribution in [0.3, 0.4) is 0 Å². The first-order valence-corrected chi connectivity index (χ1v) is 9.87. The van der Waals surface area contributed by atoms with Gasteiger partial charge in [0.1, 0.15) is 5.60 Å². The quantitative estimate of drug-likeness (QED) is 0.521. The summed E-state index contributed by atoms with van der Waals surface area (Å²) in [7, 11) is 0. The summed E-state index contributed by atoms with van der Waals surface area (Å²) >= 11 is 0. The maximum atomic E-state index is 12.4. The number of hydrogen-bond donors (Lipinski definition) is 3. The van der Waals surface area contributed by atoms with Gasteiger partial charge in [0.25, 0.3) is 0 Å². The summed E-state index contributed by atoms with van der Waals surface area (Å²) in [6, 6.07) is 13.6. The van der Waals surface area contributed by atoms with Gasteiger partial charge in [0.15, 0.2) is 12.2 Å². The van der Waals surface area contributed by atoms with Crippen molar-refractivity contribution in [1.82, 2.24) is 10.3 Å². The number of ether oxygens (including phenoxy) is 1. The molecule has 1 heterocycles. The number of amides is 3. The maximum absolute atomic E-state index is 12.4. The van der Waals surface area contributed by atoms with E-state index in [1.807, 2.05) is 0 Å². The topological polar surface area (TPSA) is 123 Å². The molecular formula is C23H24N4O5. The molecule has 3 N–H and O–H groups in total. The maximum Gasteiger partial charge on any atom is 0.407 e. The lowest BCUT2D eigenvalue weighted by molar-refractivity contribution is -0.133. The Labute approximate surface area is 185 Å². The minimum Gasteiger partial charge on any atom is -0.444 e. The van der Waals surface area contributed by atoms with Crippen molar-refractivity contribution in [3.63, 3.8) is 0 Å². The summed E-state index contributed by atoms with van der Waals surface area (Å²) in [5.74, 6) is -1.07. The number of carbonyl (C=O) groups is 3. The van der Waals surface area contributed by atoms with Crippen LogP contribution in [0.1, 0.15) is 26.3 Å². The Bertz CT molecular complexity index is 1090. The van der Waals surface area contributed by atoms with Gasteiger partial charge in [0, 0.05) is 23.5 Å². The normalized spacial score (nSPS) is 10.8. The molecule has 1 aromatic heterocycles. The van der Waals surface area contributed by atoms with Gasteiger partial charge in [-0.3, -0.25) is 9.59 Å². The molecule has 3 amide bonds. The highest BCUT2D eigenvalue weighted by atomic mass is 16.6. The summed E-state index contributed by atoms with van der Waals surface area (Å²) in [6.45, 7) is 5.42. The number of alkyl carbamates (subject to hydrolysis) is 1. The van der Waals surface area contributed by atoms with Crippen LogP contribution in [0.25, 0.3) is 11.3 Å². The molecule has 9 nitrogen and oxygen atoms in total. The molecule has 0 saturated heterocycles. The van der Waals surface area contributed by atoms with Gasteiger partial charge >= 0.3 is 17.9 Å². The minimum atomic E-state index is -0.839. The van der Waals surface area contributed by atoms with E-state index < -0.39 is 23.5 Å². The molecule has 3 aromatic rings. The Morgan fingerprint density at radius 1 is 0.969 bits per heavy atom. The smallest absolute Gasteiger partial charge is 0.407 e. The van der Waals surface area contributed by atoms with Gasteiger partial charge in [-0.1, -0.05) is 18.2 Å². The van der Waals surface area contributed by atoms with E-state index in [-0.39, 0.29) is 6.54 Å². The lowest BCUT2D eigenvalue weighted by Crippen LogP contribution is -2.33. The van der Waals surface area contributed by atoms with Crippen LogP contribution in [0.15, 0.2) is 65.5 Å². The SMILES string of the molecule is CC(C)(C)OC(=O)NCc1ccccc1NC(=O)C(=O)Nc1ccc(-c2cnco2)cc1. The van der Waals surface area contributed by atoms with Crippen LogP contribution >= 0.6 is 0 Å². The highest BCUT2D eigenvalue weighted by Gasteiger charge is 2.18. The van der Waals surface area contributed by atoms with E-state index in [1.165, 1.54) is 6.39 Å². The molecule has 0 saturated carbocycles. The van der Waals surface area contributed by atoms with Crippen LogP contribution in [-0.4, -0.2) is 28.5 Å². The molecule has 2 aromatic carbocycles. The standard InChI is InChI=1S/C23H24N4O5/c1-23(2,3)32-22(30)25-12-16-6-4-5-7-18(16)27-21(29)20(28)26-17-10-8-15(9-11-17)19-13-24-14-31-19/h4-11,13-14H,12H2,1-3H3,(H,25,30)(H,26,28)(H,27,29). The number of benzene rings is 2. The molecular weight excluding hydrogens is 412 g/mol. The molecule has 166 valence electrons. The highest BCUT2D eigenvalue weighted by Crippen LogP contribution is 2.21. The number of para-hydroxylation sites is 1. The largest absolute Gasteiger partial charge is 0.444 e. The van der Waals surface area contributed by atoms with Crippen LogP contribution in [0.5, 0.6) is 0 Å². The number of rotatable bonds is 5. The zero-order chi connectivity index (χ0) is 23.1. The molecule has 0 aliphatic carbocycles. The molecule has 0 aliphatic heterocycles. The Morgan fingerprint density at radius 2 is 1.66 bits per heavy atom. The first kappa shape index (κ1) is 22.5. The summed E-state index contributed by atoms with van der Waals surface area (Å²) in [5, 5.41) is 7.74. The average Bonchev–Trinajstić information content (AvgIpc) is 3.27. The zero-order valence-electron chi connectivity index (χ0n) is 18.0. The van der Waals surface area contributed by atoms with E-state index in [2.05, 4.69) is 20.9 Å². The molecule has 0 bridgehead atoms. The van der Waals surface area contributed by atoms with E-state index >= 15 is 0 Å². The third-order valence-electron chi connectivity index (χ3n) is 4.15. The molecule has 32 heavy (non-hydrogen) atoms. The zero-order valence-corrected chi connectivity index (χ0v) is 18.0. The van der Waals surface area contributed by atoms with Gasteiger partial charge in [-0.15, -0.1) is 0 Å². The fraction of sp³-hybridized carbons (Fsp3) is 0.217. The Balaban J connectivity index is 1.58. The fourth-order valence-electron chi connectivity index (χ4n) is 2.72. The van der Waals surface area contributed by atoms with Crippen molar-refractivity contribution in [1.29, 1.82) is 0 Å². The number of anilines is 2. The van der Waals surface area contributed by atoms with Crippen molar-refractivity contribution in [2.24, 2.45) is 0 Å². The van der Waals surface area contributed by atoms with Crippen molar-refractivity contribution in [2.45, 2.75) is 32.9 Å². The molecule has 3 rings (SSSR count). The second-order valence-electron chi connectivity index (χ2n) is 7.86. The van der Waals surface area contributed by atoms with E-state index in [0.29, 0.717) is 22.7 Å². The van der Waals surface area contributed by atoms with Crippen molar-refractivity contribution in [3.05, 3.63) is 66.7 Å². The summed E-state index contributed by atoms with van der Waals surface area (Å²) < 4.78 is 10.4. The second-order valence-corrected chi connectivity index (χ2v) is 7.86. The molecule has 0 spiro atoms. The first-order chi connectivity index (χ1) is 15.2. The van der Waals surface area contributed by atoms with Gasteiger partial charge < -0.3 is 25.1 Å². The van der Waals surface area contributed by atoms with Crippen LogP contribution in [0, 0.1) is 0 Å². The third-order valence-corrected chi connectivity index (χ3v) is 4.15. The van der Waals surface area contributed by atoms with Crippen molar-refractivity contribution < 1.29 is 23.5 Å². The Morgan fingerprint density at radius 3 is 2.31 bits per heavy atom. The van der Waals surface area contributed by atoms with Crippen LogP contribution in [-0.2, 0) is 20.9 Å². The minimum absolute atomic E-state index is 0.121. The van der Waals surface area contributed by atoms with E-state index in [1.54, 1.807) is 75.5 Å². The van der Waals surface area contributed by atoms with Gasteiger partial charge in [0.05, 0.1) is 6.20 Å². The fourth-order valence-corrected chi connectivity index (χ4v) is 2.72. The molecule has 9 heteroatoms. The molecule has 0 fully saturated rings. The van der Waals surface area contributed by atoms with Crippen molar-refractivity contribution in [3.8, 4) is 11.3 Å². The lowest BCUT2D eigenvalue weighted by Gasteiger charge is -2.20. The van der Waals surface area contributed by atoms with Crippen LogP contribution < -0.4 is 16.0 Å². The van der Waals surface area contributed by atoms with Gasteiger partial charge in [-0.2, -0.15) is 0 Å². The second kappa shape index (κ2) is 9.78. The third kappa shape index (κ3) is 6.43. The lowest BCUT2D eigenvalue weighted by atomic mass is 10.1. The summed E-state index contributed by atoms with van der Waals surface area (Å²) in [5.41, 5.74) is 1.65. The van der Waals surface area contributed by atoms with E-state index in [4.69, 9.17) is 9.15 Å². The molecule has 0 radical (unpaired) electrons. The van der Waals surface area contributed by atoms with E-state index in [9.17, 15) is 14.4 Å². The number of aromatic nitrogens is 1. The monoisotopic (exact) mass is 436 g/mol. The van der Waals surface area contributed by atoms with Crippen LogP contribution in [0.2, 0.25) is 0 Å². The van der Waals surface area contributed by atoms with Crippen LogP contribution in [0.4, 0.5) is 16.2 Å². The van der Waals surface area contributed by atoms with Gasteiger partial charge in [-0.05, 0) is 56.7 Å². The number of nitrogens with one attached hydrogen (secondary N) is 3.